The Morgan fingerprint density at radius 1 is 1.00 bits per heavy atom. The van der Waals surface area contributed by atoms with Crippen molar-refractivity contribution in [1.82, 2.24) is 14.7 Å². The van der Waals surface area contributed by atoms with E-state index in [-0.39, 0.29) is 11.4 Å². The third kappa shape index (κ3) is 3.40. The lowest BCUT2D eigenvalue weighted by molar-refractivity contribution is -0.139. The van der Waals surface area contributed by atoms with Crippen molar-refractivity contribution in [3.8, 4) is 0 Å². The minimum Gasteiger partial charge on any atom is -0.379 e. The summed E-state index contributed by atoms with van der Waals surface area (Å²) in [6, 6.07) is 8.77. The molecule has 0 aliphatic carbocycles. The number of carbonyl (C=O) groups excluding carboxylic acids is 1. The van der Waals surface area contributed by atoms with E-state index < -0.39 is 0 Å². The van der Waals surface area contributed by atoms with E-state index in [0.29, 0.717) is 0 Å². The van der Waals surface area contributed by atoms with E-state index in [4.69, 9.17) is 4.74 Å². The molecule has 0 unspecified atom stereocenters. The van der Waals surface area contributed by atoms with Crippen LogP contribution in [0.3, 0.4) is 0 Å². The van der Waals surface area contributed by atoms with Crippen molar-refractivity contribution < 1.29 is 9.53 Å². The number of fused-ring (bicyclic) bond motifs is 2. The van der Waals surface area contributed by atoms with Gasteiger partial charge >= 0.3 is 0 Å². The van der Waals surface area contributed by atoms with E-state index >= 15 is 0 Å². The zero-order valence-electron chi connectivity index (χ0n) is 16.0. The molecule has 3 aliphatic rings. The van der Waals surface area contributed by atoms with Gasteiger partial charge in [-0.1, -0.05) is 24.3 Å². The fourth-order valence-corrected chi connectivity index (χ4v) is 5.04. The van der Waals surface area contributed by atoms with Crippen molar-refractivity contribution in [2.75, 3.05) is 59.0 Å². The Kier molecular flexibility index (Phi) is 5.30. The molecule has 1 amide bonds. The lowest BCUT2D eigenvalue weighted by atomic mass is 9.74. The van der Waals surface area contributed by atoms with E-state index in [0.717, 1.165) is 78.3 Å². The number of nitrogens with zero attached hydrogens (tertiary/aromatic N) is 3. The fourth-order valence-electron chi connectivity index (χ4n) is 5.04. The number of ether oxygens (including phenoxy) is 1. The highest BCUT2D eigenvalue weighted by Gasteiger charge is 2.45. The average molecular weight is 357 g/mol. The summed E-state index contributed by atoms with van der Waals surface area (Å²) in [5.74, 6) is 0.223. The topological polar surface area (TPSA) is 36.0 Å². The summed E-state index contributed by atoms with van der Waals surface area (Å²) < 4.78 is 5.44. The van der Waals surface area contributed by atoms with Crippen LogP contribution in [0.2, 0.25) is 0 Å². The molecule has 1 spiro atoms. The number of amides is 1. The molecule has 26 heavy (non-hydrogen) atoms. The highest BCUT2D eigenvalue weighted by atomic mass is 16.5. The second kappa shape index (κ2) is 7.67. The van der Waals surface area contributed by atoms with Crippen molar-refractivity contribution in [1.29, 1.82) is 0 Å². The first-order valence-corrected chi connectivity index (χ1v) is 10.1. The van der Waals surface area contributed by atoms with Crippen LogP contribution in [0.1, 0.15) is 30.9 Å². The minimum absolute atomic E-state index is 0.0872. The van der Waals surface area contributed by atoms with Crippen molar-refractivity contribution in [3.05, 3.63) is 35.4 Å². The second-order valence-electron chi connectivity index (χ2n) is 7.91. The van der Waals surface area contributed by atoms with Gasteiger partial charge < -0.3 is 14.5 Å². The Morgan fingerprint density at radius 3 is 2.35 bits per heavy atom. The van der Waals surface area contributed by atoms with Crippen LogP contribution in [0, 0.1) is 0 Å². The maximum Gasteiger partial charge on any atom is 0.220 e. The molecule has 2 fully saturated rings. The summed E-state index contributed by atoms with van der Waals surface area (Å²) in [6.45, 7) is 10.8. The van der Waals surface area contributed by atoms with E-state index in [2.05, 4.69) is 39.0 Å². The lowest BCUT2D eigenvalue weighted by Crippen LogP contribution is -2.58. The van der Waals surface area contributed by atoms with Gasteiger partial charge in [0, 0.05) is 52.7 Å². The van der Waals surface area contributed by atoms with E-state index in [9.17, 15) is 4.79 Å². The predicted octanol–water partition coefficient (Wildman–Crippen LogP) is 1.71. The molecule has 5 heteroatoms. The van der Waals surface area contributed by atoms with Gasteiger partial charge in [-0.3, -0.25) is 9.69 Å². The SMILES string of the molecule is CC(=O)N1CCc2ccccc2C12CCN(CCN1CCOCC1)CC2. The van der Waals surface area contributed by atoms with Gasteiger partial charge in [0.25, 0.3) is 0 Å². The number of benzene rings is 1. The van der Waals surface area contributed by atoms with Gasteiger partial charge in [-0.05, 0) is 30.4 Å². The highest BCUT2D eigenvalue weighted by Crippen LogP contribution is 2.43. The smallest absolute Gasteiger partial charge is 0.220 e. The van der Waals surface area contributed by atoms with Gasteiger partial charge in [0.2, 0.25) is 5.91 Å². The Balaban J connectivity index is 1.44. The highest BCUT2D eigenvalue weighted by molar-refractivity contribution is 5.75. The first-order chi connectivity index (χ1) is 12.7. The lowest BCUT2D eigenvalue weighted by Gasteiger charge is -2.52. The quantitative estimate of drug-likeness (QED) is 0.825. The summed E-state index contributed by atoms with van der Waals surface area (Å²) in [6.07, 6.45) is 3.08. The van der Waals surface area contributed by atoms with Crippen molar-refractivity contribution in [2.24, 2.45) is 0 Å². The van der Waals surface area contributed by atoms with Gasteiger partial charge in [0.05, 0.1) is 18.8 Å². The molecule has 0 atom stereocenters. The maximum atomic E-state index is 12.4. The molecule has 0 aromatic heterocycles. The molecular formula is C21H31N3O2. The molecule has 0 saturated carbocycles. The standard InChI is InChI=1S/C21H31N3O2/c1-18(25)24-9-6-19-4-2-3-5-20(19)21(24)7-10-22(11-8-21)12-13-23-14-16-26-17-15-23/h2-5H,6-17H2,1H3. The number of piperidine rings is 1. The molecule has 4 rings (SSSR count). The molecule has 1 aromatic carbocycles. The van der Waals surface area contributed by atoms with Crippen molar-refractivity contribution in [3.63, 3.8) is 0 Å². The number of carbonyl (C=O) groups is 1. The number of hydrogen-bond donors (Lipinski definition) is 0. The predicted molar refractivity (Wildman–Crippen MR) is 102 cm³/mol. The molecule has 0 radical (unpaired) electrons. The number of hydrogen-bond acceptors (Lipinski definition) is 4. The molecule has 3 heterocycles. The Morgan fingerprint density at radius 2 is 1.65 bits per heavy atom. The van der Waals surface area contributed by atoms with Gasteiger partial charge in [0.15, 0.2) is 0 Å². The third-order valence-corrected chi connectivity index (χ3v) is 6.54. The number of rotatable bonds is 3. The van der Waals surface area contributed by atoms with E-state index in [1.807, 2.05) is 0 Å². The molecule has 0 N–H and O–H groups in total. The third-order valence-electron chi connectivity index (χ3n) is 6.54. The van der Waals surface area contributed by atoms with Gasteiger partial charge in [0.1, 0.15) is 0 Å². The molecule has 5 nitrogen and oxygen atoms in total. The van der Waals surface area contributed by atoms with Crippen LogP contribution in [0.15, 0.2) is 24.3 Å². The average Bonchev–Trinajstić information content (AvgIpc) is 2.68. The summed E-state index contributed by atoms with van der Waals surface area (Å²) in [7, 11) is 0. The molecule has 2 saturated heterocycles. The van der Waals surface area contributed by atoms with Crippen LogP contribution in [0.25, 0.3) is 0 Å². The van der Waals surface area contributed by atoms with Crippen molar-refractivity contribution in [2.45, 2.75) is 31.7 Å². The summed E-state index contributed by atoms with van der Waals surface area (Å²) >= 11 is 0. The van der Waals surface area contributed by atoms with E-state index in [1.165, 1.54) is 11.1 Å². The summed E-state index contributed by atoms with van der Waals surface area (Å²) in [5.41, 5.74) is 2.75. The van der Waals surface area contributed by atoms with Crippen molar-refractivity contribution >= 4 is 5.91 Å². The maximum absolute atomic E-state index is 12.4. The largest absolute Gasteiger partial charge is 0.379 e. The summed E-state index contributed by atoms with van der Waals surface area (Å²) in [5, 5.41) is 0. The first kappa shape index (κ1) is 18.0. The van der Waals surface area contributed by atoms with Gasteiger partial charge in [-0.25, -0.2) is 0 Å². The van der Waals surface area contributed by atoms with Crippen LogP contribution < -0.4 is 0 Å². The molecular weight excluding hydrogens is 326 g/mol. The normalized spacial score (nSPS) is 23.8. The molecule has 142 valence electrons. The Bertz CT molecular complexity index is 634. The van der Waals surface area contributed by atoms with Gasteiger partial charge in [-0.15, -0.1) is 0 Å². The first-order valence-electron chi connectivity index (χ1n) is 10.1. The van der Waals surface area contributed by atoms with Crippen LogP contribution in [-0.2, 0) is 21.5 Å². The minimum atomic E-state index is -0.0872. The zero-order valence-corrected chi connectivity index (χ0v) is 16.0. The van der Waals surface area contributed by atoms with Gasteiger partial charge in [-0.2, -0.15) is 0 Å². The molecule has 1 aromatic rings. The zero-order chi connectivity index (χ0) is 18.0. The Hall–Kier alpha value is -1.43. The molecule has 0 bridgehead atoms. The molecule has 3 aliphatic heterocycles. The number of morpholine rings is 1. The van der Waals surface area contributed by atoms with Crippen LogP contribution in [0.4, 0.5) is 0 Å². The monoisotopic (exact) mass is 357 g/mol. The summed E-state index contributed by atoms with van der Waals surface area (Å²) in [4.78, 5) is 19.6. The van der Waals surface area contributed by atoms with Crippen LogP contribution in [0.5, 0.6) is 0 Å². The Labute approximate surface area is 156 Å². The second-order valence-corrected chi connectivity index (χ2v) is 7.91. The fraction of sp³-hybridized carbons (Fsp3) is 0.667. The number of likely N-dealkylation sites (tertiary alicyclic amines) is 1. The van der Waals surface area contributed by atoms with E-state index in [1.54, 1.807) is 6.92 Å². The van der Waals surface area contributed by atoms with Crippen LogP contribution in [-0.4, -0.2) is 79.6 Å². The van der Waals surface area contributed by atoms with Crippen LogP contribution >= 0.6 is 0 Å².